The van der Waals surface area contributed by atoms with E-state index in [1.165, 1.54) is 0 Å². The number of hydrogen-bond donors (Lipinski definition) is 1. The first-order valence-corrected chi connectivity index (χ1v) is 5.89. The normalized spacial score (nSPS) is 18.1. The number of nitro groups is 1. The summed E-state index contributed by atoms with van der Waals surface area (Å²) >= 11 is 0. The third kappa shape index (κ3) is 2.44. The number of rotatable bonds is 3. The number of nitrogens with zero attached hydrogens (tertiary/aromatic N) is 2. The van der Waals surface area contributed by atoms with Gasteiger partial charge < -0.3 is 10.0 Å². The molecule has 20 heavy (non-hydrogen) atoms. The van der Waals surface area contributed by atoms with Crippen LogP contribution in [0, 0.1) is 15.9 Å². The Kier molecular flexibility index (Phi) is 3.64. The van der Waals surface area contributed by atoms with Gasteiger partial charge in [-0.2, -0.15) is 0 Å². The SMILES string of the molecule is O=C(O)C1CCCN1C(=O)c1cc([N+](=O)[O-])ccc1F. The zero-order valence-corrected chi connectivity index (χ0v) is 10.3. The molecule has 106 valence electrons. The van der Waals surface area contributed by atoms with Gasteiger partial charge in [-0.3, -0.25) is 14.9 Å². The van der Waals surface area contributed by atoms with Gasteiger partial charge in [0.15, 0.2) is 0 Å². The van der Waals surface area contributed by atoms with E-state index in [2.05, 4.69) is 0 Å². The molecule has 1 aromatic rings. The van der Waals surface area contributed by atoms with Crippen molar-refractivity contribution in [3.05, 3.63) is 39.7 Å². The van der Waals surface area contributed by atoms with Crippen LogP contribution >= 0.6 is 0 Å². The standard InChI is InChI=1S/C12H11FN2O5/c13-9-4-3-7(15(19)20)6-8(9)11(16)14-5-1-2-10(14)12(17)18/h3-4,6,10H,1-2,5H2,(H,17,18). The summed E-state index contributed by atoms with van der Waals surface area (Å²) in [4.78, 5) is 34.1. The molecule has 1 atom stereocenters. The lowest BCUT2D eigenvalue weighted by Crippen LogP contribution is -2.40. The molecular formula is C12H11FN2O5. The highest BCUT2D eigenvalue weighted by Gasteiger charge is 2.35. The van der Waals surface area contributed by atoms with Crippen LogP contribution in [0.3, 0.4) is 0 Å². The van der Waals surface area contributed by atoms with Gasteiger partial charge in [-0.05, 0) is 18.9 Å². The van der Waals surface area contributed by atoms with Gasteiger partial charge in [-0.15, -0.1) is 0 Å². The van der Waals surface area contributed by atoms with E-state index in [4.69, 9.17) is 5.11 Å². The van der Waals surface area contributed by atoms with Crippen molar-refractivity contribution in [2.45, 2.75) is 18.9 Å². The number of carbonyl (C=O) groups excluding carboxylic acids is 1. The molecule has 1 saturated heterocycles. The van der Waals surface area contributed by atoms with E-state index in [1.807, 2.05) is 0 Å². The average molecular weight is 282 g/mol. The molecule has 0 spiro atoms. The van der Waals surface area contributed by atoms with E-state index in [0.29, 0.717) is 6.42 Å². The summed E-state index contributed by atoms with van der Waals surface area (Å²) in [5.41, 5.74) is -0.895. The number of hydrogen-bond acceptors (Lipinski definition) is 4. The van der Waals surface area contributed by atoms with Crippen molar-refractivity contribution in [1.29, 1.82) is 0 Å². The Hall–Kier alpha value is -2.51. The molecule has 7 nitrogen and oxygen atoms in total. The molecule has 1 heterocycles. The Labute approximate surface area is 112 Å². The predicted octanol–water partition coefficient (Wildman–Crippen LogP) is 1.42. The summed E-state index contributed by atoms with van der Waals surface area (Å²) in [6.45, 7) is 0.192. The molecule has 0 radical (unpaired) electrons. The number of carboxylic acids is 1. The second kappa shape index (κ2) is 5.24. The molecule has 1 aliphatic heterocycles. The van der Waals surface area contributed by atoms with Gasteiger partial charge in [0.25, 0.3) is 11.6 Å². The Balaban J connectivity index is 2.35. The Morgan fingerprint density at radius 1 is 1.45 bits per heavy atom. The maximum atomic E-state index is 13.6. The molecule has 0 saturated carbocycles. The molecule has 2 rings (SSSR count). The number of carbonyl (C=O) groups is 2. The average Bonchev–Trinajstić information content (AvgIpc) is 2.87. The first-order valence-electron chi connectivity index (χ1n) is 5.89. The third-order valence-corrected chi connectivity index (χ3v) is 3.19. The van der Waals surface area contributed by atoms with Crippen molar-refractivity contribution in [3.8, 4) is 0 Å². The van der Waals surface area contributed by atoms with Crippen LogP contribution in [0.15, 0.2) is 18.2 Å². The lowest BCUT2D eigenvalue weighted by Gasteiger charge is -2.21. The highest BCUT2D eigenvalue weighted by molar-refractivity contribution is 5.97. The predicted molar refractivity (Wildman–Crippen MR) is 64.7 cm³/mol. The number of amides is 1. The minimum absolute atomic E-state index is 0.192. The Morgan fingerprint density at radius 2 is 2.15 bits per heavy atom. The zero-order chi connectivity index (χ0) is 14.9. The summed E-state index contributed by atoms with van der Waals surface area (Å²) in [5.74, 6) is -2.91. The van der Waals surface area contributed by atoms with Crippen molar-refractivity contribution in [1.82, 2.24) is 4.90 Å². The fourth-order valence-electron chi connectivity index (χ4n) is 2.21. The number of likely N-dealkylation sites (tertiary alicyclic amines) is 1. The van der Waals surface area contributed by atoms with Crippen LogP contribution in [-0.4, -0.2) is 39.4 Å². The van der Waals surface area contributed by atoms with Crippen molar-refractivity contribution in [3.63, 3.8) is 0 Å². The first kappa shape index (κ1) is 13.9. The molecule has 1 N–H and O–H groups in total. The van der Waals surface area contributed by atoms with E-state index < -0.39 is 39.9 Å². The van der Waals surface area contributed by atoms with Crippen molar-refractivity contribution in [2.24, 2.45) is 0 Å². The second-order valence-corrected chi connectivity index (χ2v) is 4.42. The molecule has 8 heteroatoms. The largest absolute Gasteiger partial charge is 0.480 e. The van der Waals surface area contributed by atoms with E-state index in [0.717, 1.165) is 23.1 Å². The summed E-state index contributed by atoms with van der Waals surface area (Å²) in [6, 6.07) is 1.60. The number of non-ortho nitro benzene ring substituents is 1. The van der Waals surface area contributed by atoms with Gasteiger partial charge in [-0.25, -0.2) is 9.18 Å². The van der Waals surface area contributed by atoms with E-state index in [1.54, 1.807) is 0 Å². The minimum Gasteiger partial charge on any atom is -0.480 e. The topological polar surface area (TPSA) is 101 Å². The van der Waals surface area contributed by atoms with Crippen molar-refractivity contribution in [2.75, 3.05) is 6.54 Å². The molecule has 1 aromatic carbocycles. The van der Waals surface area contributed by atoms with Crippen molar-refractivity contribution < 1.29 is 24.0 Å². The van der Waals surface area contributed by atoms with E-state index in [-0.39, 0.29) is 13.0 Å². The number of benzene rings is 1. The van der Waals surface area contributed by atoms with Crippen molar-refractivity contribution >= 4 is 17.6 Å². The highest BCUT2D eigenvalue weighted by atomic mass is 19.1. The van der Waals surface area contributed by atoms with Gasteiger partial charge in [0.1, 0.15) is 11.9 Å². The van der Waals surface area contributed by atoms with Gasteiger partial charge in [0.2, 0.25) is 0 Å². The van der Waals surface area contributed by atoms with E-state index >= 15 is 0 Å². The molecule has 0 bridgehead atoms. The van der Waals surface area contributed by atoms with Crippen LogP contribution in [0.2, 0.25) is 0 Å². The van der Waals surface area contributed by atoms with Crippen LogP contribution in [0.25, 0.3) is 0 Å². The van der Waals surface area contributed by atoms with Crippen LogP contribution < -0.4 is 0 Å². The monoisotopic (exact) mass is 282 g/mol. The summed E-state index contributed by atoms with van der Waals surface area (Å²) < 4.78 is 13.6. The van der Waals surface area contributed by atoms with Crippen LogP contribution in [0.1, 0.15) is 23.2 Å². The summed E-state index contributed by atoms with van der Waals surface area (Å²) in [7, 11) is 0. The van der Waals surface area contributed by atoms with Gasteiger partial charge in [0, 0.05) is 18.7 Å². The number of nitro benzene ring substituents is 1. The zero-order valence-electron chi connectivity index (χ0n) is 10.3. The number of halogens is 1. The number of carboxylic acid groups (broad SMARTS) is 1. The minimum atomic E-state index is -1.17. The first-order chi connectivity index (χ1) is 9.41. The third-order valence-electron chi connectivity index (χ3n) is 3.19. The lowest BCUT2D eigenvalue weighted by atomic mass is 10.1. The lowest BCUT2D eigenvalue weighted by molar-refractivity contribution is -0.384. The maximum Gasteiger partial charge on any atom is 0.326 e. The molecule has 1 unspecified atom stereocenters. The fraction of sp³-hybridized carbons (Fsp3) is 0.333. The Bertz CT molecular complexity index is 589. The Morgan fingerprint density at radius 3 is 2.75 bits per heavy atom. The molecule has 0 aliphatic carbocycles. The van der Waals surface area contributed by atoms with Gasteiger partial charge >= 0.3 is 5.97 Å². The van der Waals surface area contributed by atoms with Crippen LogP contribution in [-0.2, 0) is 4.79 Å². The molecule has 1 aliphatic rings. The molecule has 1 fully saturated rings. The van der Waals surface area contributed by atoms with Gasteiger partial charge in [-0.1, -0.05) is 0 Å². The summed E-state index contributed by atoms with van der Waals surface area (Å²) in [6.07, 6.45) is 0.789. The highest BCUT2D eigenvalue weighted by Crippen LogP contribution is 2.24. The maximum absolute atomic E-state index is 13.6. The van der Waals surface area contributed by atoms with E-state index in [9.17, 15) is 24.1 Å². The van der Waals surface area contributed by atoms with Crippen LogP contribution in [0.4, 0.5) is 10.1 Å². The quantitative estimate of drug-likeness (QED) is 0.667. The molecule has 1 amide bonds. The van der Waals surface area contributed by atoms with Crippen LogP contribution in [0.5, 0.6) is 0 Å². The smallest absolute Gasteiger partial charge is 0.326 e. The van der Waals surface area contributed by atoms with Gasteiger partial charge in [0.05, 0.1) is 10.5 Å². The molecule has 0 aromatic heterocycles. The second-order valence-electron chi connectivity index (χ2n) is 4.42. The number of aliphatic carboxylic acids is 1. The fourth-order valence-corrected chi connectivity index (χ4v) is 2.21. The molecular weight excluding hydrogens is 271 g/mol. The summed E-state index contributed by atoms with van der Waals surface area (Å²) in [5, 5.41) is 19.6.